The predicted octanol–water partition coefficient (Wildman–Crippen LogP) is 4.93. The van der Waals surface area contributed by atoms with Gasteiger partial charge in [-0.15, -0.1) is 0 Å². The number of nitrogens with one attached hydrogen (secondary N) is 1. The second-order valence-corrected chi connectivity index (χ2v) is 10.1. The fourth-order valence-electron chi connectivity index (χ4n) is 5.38. The van der Waals surface area contributed by atoms with Crippen molar-refractivity contribution in [2.75, 3.05) is 6.61 Å². The maximum atomic E-state index is 12.9. The van der Waals surface area contributed by atoms with E-state index in [0.29, 0.717) is 17.5 Å². The molecule has 1 saturated carbocycles. The summed E-state index contributed by atoms with van der Waals surface area (Å²) in [5.74, 6) is 0.709. The molecule has 0 bridgehead atoms. The third kappa shape index (κ3) is 4.18. The van der Waals surface area contributed by atoms with Crippen LogP contribution in [0.4, 0.5) is 0 Å². The highest BCUT2D eigenvalue weighted by atomic mass is 79.9. The van der Waals surface area contributed by atoms with E-state index in [1.165, 1.54) is 0 Å². The predicted molar refractivity (Wildman–Crippen MR) is 137 cm³/mol. The number of ether oxygens (including phenoxy) is 1. The lowest BCUT2D eigenvalue weighted by Crippen LogP contribution is -2.53. The van der Waals surface area contributed by atoms with Crippen molar-refractivity contribution >= 4 is 38.8 Å². The molecule has 2 aliphatic rings. The standard InChI is InChI=1S/C27H29BrN4O3/c1-3-35-26(34)21(31-23-22(28)24(33)27(23)13-5-4-6-14-27)16-18-9-11-19(12-10-18)32-17(2)30-20-8-7-15-29-25(20)32/h7-12,15,21,31H,3-6,13-14,16H2,1-2H3/t21-/m0/s1. The number of benzene rings is 1. The second kappa shape index (κ2) is 9.57. The Balaban J connectivity index is 1.39. The van der Waals surface area contributed by atoms with Crippen LogP contribution in [0, 0.1) is 12.3 Å². The number of rotatable bonds is 7. The van der Waals surface area contributed by atoms with Crippen LogP contribution in [0.15, 0.2) is 52.8 Å². The van der Waals surface area contributed by atoms with Gasteiger partial charge in [0.25, 0.3) is 0 Å². The van der Waals surface area contributed by atoms with Gasteiger partial charge in [0.05, 0.1) is 16.5 Å². The molecule has 0 unspecified atom stereocenters. The number of hydrogen-bond donors (Lipinski definition) is 1. The highest BCUT2D eigenvalue weighted by molar-refractivity contribution is 9.12. The highest BCUT2D eigenvalue weighted by Gasteiger charge is 2.53. The number of hydrogen-bond acceptors (Lipinski definition) is 6. The Hall–Kier alpha value is -3.00. The van der Waals surface area contributed by atoms with Crippen molar-refractivity contribution in [3.05, 3.63) is 64.2 Å². The molecular weight excluding hydrogens is 508 g/mol. The third-order valence-corrected chi connectivity index (χ3v) is 7.90. The summed E-state index contributed by atoms with van der Waals surface area (Å²) in [4.78, 5) is 34.8. The summed E-state index contributed by atoms with van der Waals surface area (Å²) in [6.45, 7) is 4.07. The zero-order chi connectivity index (χ0) is 24.6. The van der Waals surface area contributed by atoms with E-state index < -0.39 is 11.5 Å². The van der Waals surface area contributed by atoms with Crippen LogP contribution in [0.25, 0.3) is 16.9 Å². The van der Waals surface area contributed by atoms with Crippen LogP contribution >= 0.6 is 15.9 Å². The molecule has 182 valence electrons. The van der Waals surface area contributed by atoms with Gasteiger partial charge in [-0.25, -0.2) is 14.8 Å². The Bertz CT molecular complexity index is 1310. The van der Waals surface area contributed by atoms with Crippen LogP contribution in [-0.2, 0) is 20.7 Å². The van der Waals surface area contributed by atoms with Gasteiger partial charge in [-0.2, -0.15) is 0 Å². The van der Waals surface area contributed by atoms with Gasteiger partial charge in [-0.05, 0) is 72.4 Å². The van der Waals surface area contributed by atoms with Gasteiger partial charge in [0.2, 0.25) is 0 Å². The van der Waals surface area contributed by atoms with E-state index in [4.69, 9.17) is 4.74 Å². The molecule has 7 nitrogen and oxygen atoms in total. The summed E-state index contributed by atoms with van der Waals surface area (Å²) in [5.41, 5.74) is 4.01. The molecule has 2 aromatic heterocycles. The molecule has 0 saturated heterocycles. The largest absolute Gasteiger partial charge is 0.464 e. The number of carbonyl (C=O) groups is 2. The van der Waals surface area contributed by atoms with Gasteiger partial charge in [0, 0.05) is 24.0 Å². The minimum Gasteiger partial charge on any atom is -0.464 e. The molecule has 0 amide bonds. The van der Waals surface area contributed by atoms with Crippen LogP contribution in [0.2, 0.25) is 0 Å². The fraction of sp³-hybridized carbons (Fsp3) is 0.407. The minimum atomic E-state index is -0.576. The summed E-state index contributed by atoms with van der Waals surface area (Å²) in [5, 5.41) is 3.41. The molecule has 0 aliphatic heterocycles. The monoisotopic (exact) mass is 536 g/mol. The lowest BCUT2D eigenvalue weighted by Gasteiger charge is -2.46. The van der Waals surface area contributed by atoms with Crippen molar-refractivity contribution in [2.45, 2.75) is 58.4 Å². The lowest BCUT2D eigenvalue weighted by atomic mass is 9.62. The molecule has 1 spiro atoms. The van der Waals surface area contributed by atoms with Crippen LogP contribution in [0.3, 0.4) is 0 Å². The summed E-state index contributed by atoms with van der Waals surface area (Å²) in [6.07, 6.45) is 7.09. The van der Waals surface area contributed by atoms with Crippen LogP contribution in [-0.4, -0.2) is 38.9 Å². The van der Waals surface area contributed by atoms with Gasteiger partial charge in [-0.3, -0.25) is 9.36 Å². The van der Waals surface area contributed by atoms with Gasteiger partial charge < -0.3 is 10.1 Å². The maximum absolute atomic E-state index is 12.9. The number of imidazole rings is 1. The Morgan fingerprint density at radius 2 is 1.94 bits per heavy atom. The molecule has 3 aromatic rings. The summed E-state index contributed by atoms with van der Waals surface area (Å²) in [6, 6.07) is 11.3. The van der Waals surface area contributed by atoms with Crippen LogP contribution in [0.5, 0.6) is 0 Å². The molecule has 2 heterocycles. The Labute approximate surface area is 213 Å². The number of Topliss-reactive ketones (excluding diaryl/α,β-unsaturated/α-hetero) is 1. The zero-order valence-electron chi connectivity index (χ0n) is 20.0. The molecule has 35 heavy (non-hydrogen) atoms. The van der Waals surface area contributed by atoms with Gasteiger partial charge in [-0.1, -0.05) is 31.4 Å². The number of carbonyl (C=O) groups excluding carboxylic acids is 2. The number of aryl methyl sites for hydroxylation is 1. The number of nitrogens with zero attached hydrogens (tertiary/aromatic N) is 3. The molecule has 8 heteroatoms. The number of halogens is 1. The second-order valence-electron chi connectivity index (χ2n) is 9.32. The normalized spacial score (nSPS) is 18.0. The van der Waals surface area contributed by atoms with E-state index in [2.05, 4.69) is 31.2 Å². The summed E-state index contributed by atoms with van der Waals surface area (Å²) in [7, 11) is 0. The Morgan fingerprint density at radius 3 is 2.66 bits per heavy atom. The van der Waals surface area contributed by atoms with E-state index in [1.54, 1.807) is 13.1 Å². The van der Waals surface area contributed by atoms with E-state index in [9.17, 15) is 9.59 Å². The first-order chi connectivity index (χ1) is 16.9. The molecule has 0 radical (unpaired) electrons. The topological polar surface area (TPSA) is 86.1 Å². The molecule has 1 fully saturated rings. The first-order valence-corrected chi connectivity index (χ1v) is 13.0. The Kier molecular flexibility index (Phi) is 6.49. The highest BCUT2D eigenvalue weighted by Crippen LogP contribution is 2.53. The van der Waals surface area contributed by atoms with Gasteiger partial charge in [0.1, 0.15) is 17.4 Å². The Morgan fingerprint density at radius 1 is 1.20 bits per heavy atom. The van der Waals surface area contributed by atoms with Crippen molar-refractivity contribution in [1.29, 1.82) is 0 Å². The van der Waals surface area contributed by atoms with E-state index in [1.807, 2.05) is 47.9 Å². The first-order valence-electron chi connectivity index (χ1n) is 12.2. The van der Waals surface area contributed by atoms with Crippen molar-refractivity contribution in [3.63, 3.8) is 0 Å². The molecule has 5 rings (SSSR count). The van der Waals surface area contributed by atoms with E-state index >= 15 is 0 Å². The van der Waals surface area contributed by atoms with Crippen LogP contribution in [0.1, 0.15) is 50.4 Å². The molecule has 1 aromatic carbocycles. The quantitative estimate of drug-likeness (QED) is 0.430. The third-order valence-electron chi connectivity index (χ3n) is 7.15. The fourth-order valence-corrected chi connectivity index (χ4v) is 6.25. The number of pyridine rings is 1. The summed E-state index contributed by atoms with van der Waals surface area (Å²) >= 11 is 3.46. The van der Waals surface area contributed by atoms with E-state index in [-0.39, 0.29) is 11.8 Å². The maximum Gasteiger partial charge on any atom is 0.328 e. The van der Waals surface area contributed by atoms with Crippen LogP contribution < -0.4 is 5.32 Å². The number of esters is 1. The van der Waals surface area contributed by atoms with Crippen molar-refractivity contribution in [2.24, 2.45) is 5.41 Å². The molecular formula is C27H29BrN4O3. The van der Waals surface area contributed by atoms with Crippen molar-refractivity contribution in [1.82, 2.24) is 19.9 Å². The average molecular weight is 537 g/mol. The van der Waals surface area contributed by atoms with Crippen molar-refractivity contribution in [3.8, 4) is 5.69 Å². The molecule has 2 aliphatic carbocycles. The first kappa shape index (κ1) is 23.7. The number of aromatic nitrogens is 3. The van der Waals surface area contributed by atoms with Crippen molar-refractivity contribution < 1.29 is 14.3 Å². The molecule has 1 N–H and O–H groups in total. The zero-order valence-corrected chi connectivity index (χ0v) is 21.6. The number of ketones is 1. The summed E-state index contributed by atoms with van der Waals surface area (Å²) < 4.78 is 7.98. The smallest absolute Gasteiger partial charge is 0.328 e. The minimum absolute atomic E-state index is 0.156. The van der Waals surface area contributed by atoms with Gasteiger partial charge >= 0.3 is 5.97 Å². The van der Waals surface area contributed by atoms with Gasteiger partial charge in [0.15, 0.2) is 11.4 Å². The van der Waals surface area contributed by atoms with E-state index in [0.717, 1.165) is 66.0 Å². The molecule has 1 atom stereocenters. The average Bonchev–Trinajstić information content (AvgIpc) is 3.22. The number of allylic oxidation sites excluding steroid dienone is 2. The SMILES string of the molecule is CCOC(=O)[C@H](Cc1ccc(-n2c(C)nc3cccnc32)cc1)NC1=C(Br)C(=O)C12CCCCC2. The number of fused-ring (bicyclic) bond motifs is 1. The lowest BCUT2D eigenvalue weighted by molar-refractivity contribution is -0.146.